The minimum absolute atomic E-state index is 0.0480. The number of carbonyl (C=O) groups excluding carboxylic acids is 3. The van der Waals surface area contributed by atoms with E-state index >= 15 is 0 Å². The molecule has 1 aromatic heterocycles. The van der Waals surface area contributed by atoms with Crippen molar-refractivity contribution in [3.8, 4) is 0 Å². The van der Waals surface area contributed by atoms with Crippen molar-refractivity contribution in [3.63, 3.8) is 0 Å². The van der Waals surface area contributed by atoms with Gasteiger partial charge in [-0.2, -0.15) is 4.99 Å². The van der Waals surface area contributed by atoms with Crippen LogP contribution in [0.2, 0.25) is 5.02 Å². The first-order chi connectivity index (χ1) is 19.3. The highest BCUT2D eigenvalue weighted by atomic mass is 35.5. The highest BCUT2D eigenvalue weighted by Crippen LogP contribution is 2.39. The van der Waals surface area contributed by atoms with E-state index < -0.39 is 11.9 Å². The van der Waals surface area contributed by atoms with Crippen molar-refractivity contribution < 1.29 is 14.4 Å². The Morgan fingerprint density at radius 1 is 0.975 bits per heavy atom. The largest absolute Gasteiger partial charge is 0.326 e. The summed E-state index contributed by atoms with van der Waals surface area (Å²) in [6.07, 6.45) is 3.31. The molecule has 206 valence electrons. The number of guanidine groups is 1. The number of halogens is 1. The first-order valence-corrected chi connectivity index (χ1v) is 13.8. The average molecular weight is 559 g/mol. The highest BCUT2D eigenvalue weighted by molar-refractivity contribution is 6.31. The van der Waals surface area contributed by atoms with Gasteiger partial charge in [0.1, 0.15) is 6.04 Å². The molecule has 2 fully saturated rings. The van der Waals surface area contributed by atoms with Crippen molar-refractivity contribution in [2.24, 2.45) is 16.8 Å². The molecular weight excluding hydrogens is 528 g/mol. The lowest BCUT2D eigenvalue weighted by Gasteiger charge is -2.26. The SMILES string of the molecule is Cc1cc(C)nc(N=C(NC(=O)[C@H](Cc2ccccc2)N2C(=O)[C@@H]3CCCC[C@H]3C2=O)Nc2cccc(Cl)c2)n1. The zero-order valence-electron chi connectivity index (χ0n) is 22.4. The van der Waals surface area contributed by atoms with Gasteiger partial charge < -0.3 is 5.32 Å². The maximum absolute atomic E-state index is 14.0. The van der Waals surface area contributed by atoms with Crippen LogP contribution in [0.25, 0.3) is 0 Å². The number of carbonyl (C=O) groups is 3. The summed E-state index contributed by atoms with van der Waals surface area (Å²) in [5, 5.41) is 6.40. The van der Waals surface area contributed by atoms with Crippen LogP contribution in [0.15, 0.2) is 65.7 Å². The molecule has 2 heterocycles. The number of rotatable bonds is 6. The molecule has 2 aromatic carbocycles. The van der Waals surface area contributed by atoms with Crippen LogP contribution in [-0.4, -0.2) is 44.6 Å². The Hall–Kier alpha value is -4.11. The van der Waals surface area contributed by atoms with Crippen molar-refractivity contribution in [3.05, 3.63) is 82.6 Å². The highest BCUT2D eigenvalue weighted by Gasteiger charge is 2.51. The number of nitrogens with one attached hydrogen (secondary N) is 2. The summed E-state index contributed by atoms with van der Waals surface area (Å²) in [5.41, 5.74) is 2.85. The third kappa shape index (κ3) is 6.20. The number of aliphatic imine (C=N–C) groups is 1. The van der Waals surface area contributed by atoms with Gasteiger partial charge in [0.25, 0.3) is 5.95 Å². The lowest BCUT2D eigenvalue weighted by atomic mass is 9.81. The van der Waals surface area contributed by atoms with E-state index in [2.05, 4.69) is 25.6 Å². The first kappa shape index (κ1) is 27.5. The number of aryl methyl sites for hydroxylation is 2. The van der Waals surface area contributed by atoms with Crippen molar-refractivity contribution in [2.75, 3.05) is 5.32 Å². The van der Waals surface area contributed by atoms with E-state index in [1.54, 1.807) is 24.3 Å². The summed E-state index contributed by atoms with van der Waals surface area (Å²) in [4.78, 5) is 55.4. The molecule has 10 heteroatoms. The molecule has 2 N–H and O–H groups in total. The van der Waals surface area contributed by atoms with Crippen LogP contribution >= 0.6 is 11.6 Å². The summed E-state index contributed by atoms with van der Waals surface area (Å²) in [7, 11) is 0. The van der Waals surface area contributed by atoms with Crippen LogP contribution in [0.1, 0.15) is 42.6 Å². The van der Waals surface area contributed by atoms with Gasteiger partial charge in [-0.05, 0) is 56.5 Å². The summed E-state index contributed by atoms with van der Waals surface area (Å²) in [5.74, 6) is -1.62. The quantitative estimate of drug-likeness (QED) is 0.256. The Balaban J connectivity index is 1.49. The summed E-state index contributed by atoms with van der Waals surface area (Å²) < 4.78 is 0. The van der Waals surface area contributed by atoms with E-state index in [9.17, 15) is 14.4 Å². The molecule has 3 aromatic rings. The molecule has 40 heavy (non-hydrogen) atoms. The maximum atomic E-state index is 14.0. The molecule has 1 aliphatic heterocycles. The first-order valence-electron chi connectivity index (χ1n) is 13.4. The molecule has 1 saturated carbocycles. The van der Waals surface area contributed by atoms with Gasteiger partial charge in [0, 0.05) is 28.5 Å². The van der Waals surface area contributed by atoms with Gasteiger partial charge in [0.2, 0.25) is 23.7 Å². The van der Waals surface area contributed by atoms with Crippen molar-refractivity contribution in [1.82, 2.24) is 20.2 Å². The Morgan fingerprint density at radius 2 is 1.62 bits per heavy atom. The number of likely N-dealkylation sites (tertiary alicyclic amines) is 1. The number of benzene rings is 2. The summed E-state index contributed by atoms with van der Waals surface area (Å²) >= 11 is 6.18. The second kappa shape index (κ2) is 12.0. The Kier molecular flexibility index (Phi) is 8.21. The van der Waals surface area contributed by atoms with Gasteiger partial charge in [-0.1, -0.05) is 60.8 Å². The monoisotopic (exact) mass is 558 g/mol. The van der Waals surface area contributed by atoms with E-state index in [1.807, 2.05) is 50.2 Å². The number of hydrogen-bond donors (Lipinski definition) is 2. The fraction of sp³-hybridized carbons (Fsp3) is 0.333. The van der Waals surface area contributed by atoms with Crippen molar-refractivity contribution in [2.45, 2.75) is 52.0 Å². The molecule has 5 rings (SSSR count). The van der Waals surface area contributed by atoms with E-state index in [-0.39, 0.29) is 42.0 Å². The van der Waals surface area contributed by atoms with Gasteiger partial charge in [0.05, 0.1) is 11.8 Å². The number of imide groups is 1. The molecular formula is C30H31ClN6O3. The number of anilines is 1. The number of aromatic nitrogens is 2. The zero-order valence-corrected chi connectivity index (χ0v) is 23.2. The molecule has 0 bridgehead atoms. The second-order valence-electron chi connectivity index (χ2n) is 10.3. The molecule has 0 radical (unpaired) electrons. The van der Waals surface area contributed by atoms with Gasteiger partial charge in [-0.15, -0.1) is 0 Å². The number of amides is 3. The predicted octanol–water partition coefficient (Wildman–Crippen LogP) is 4.75. The van der Waals surface area contributed by atoms with Crippen LogP contribution in [0, 0.1) is 25.7 Å². The Morgan fingerprint density at radius 3 is 2.25 bits per heavy atom. The van der Waals surface area contributed by atoms with Gasteiger partial charge >= 0.3 is 0 Å². The minimum Gasteiger partial charge on any atom is -0.326 e. The molecule has 9 nitrogen and oxygen atoms in total. The van der Waals surface area contributed by atoms with Gasteiger partial charge in [-0.25, -0.2) is 9.97 Å². The molecule has 1 saturated heterocycles. The normalized spacial score (nSPS) is 19.8. The molecule has 0 spiro atoms. The lowest BCUT2D eigenvalue weighted by molar-refractivity contribution is -0.147. The fourth-order valence-corrected chi connectivity index (χ4v) is 5.67. The maximum Gasteiger partial charge on any atom is 0.253 e. The fourth-order valence-electron chi connectivity index (χ4n) is 5.48. The van der Waals surface area contributed by atoms with Crippen molar-refractivity contribution in [1.29, 1.82) is 0 Å². The predicted molar refractivity (Wildman–Crippen MR) is 153 cm³/mol. The van der Waals surface area contributed by atoms with Gasteiger partial charge in [-0.3, -0.25) is 24.6 Å². The molecule has 2 aliphatic rings. The van der Waals surface area contributed by atoms with E-state index in [1.165, 1.54) is 4.90 Å². The zero-order chi connectivity index (χ0) is 28.2. The molecule has 3 atom stereocenters. The molecule has 1 aliphatic carbocycles. The van der Waals surface area contributed by atoms with E-state index in [0.717, 1.165) is 29.8 Å². The number of fused-ring (bicyclic) bond motifs is 1. The van der Waals surface area contributed by atoms with Crippen LogP contribution in [-0.2, 0) is 20.8 Å². The third-order valence-electron chi connectivity index (χ3n) is 7.27. The van der Waals surface area contributed by atoms with Crippen LogP contribution in [0.4, 0.5) is 11.6 Å². The minimum atomic E-state index is -1.06. The Bertz CT molecular complexity index is 1420. The number of hydrogen-bond acceptors (Lipinski definition) is 6. The van der Waals surface area contributed by atoms with Crippen LogP contribution in [0.5, 0.6) is 0 Å². The lowest BCUT2D eigenvalue weighted by Crippen LogP contribution is -2.53. The third-order valence-corrected chi connectivity index (χ3v) is 7.51. The Labute approximate surface area is 238 Å². The topological polar surface area (TPSA) is 117 Å². The summed E-state index contributed by atoms with van der Waals surface area (Å²) in [6.45, 7) is 3.66. The van der Waals surface area contributed by atoms with E-state index in [4.69, 9.17) is 11.6 Å². The van der Waals surface area contributed by atoms with Crippen molar-refractivity contribution >= 4 is 46.9 Å². The number of nitrogens with zero attached hydrogens (tertiary/aromatic N) is 4. The van der Waals surface area contributed by atoms with E-state index in [0.29, 0.717) is 23.6 Å². The smallest absolute Gasteiger partial charge is 0.253 e. The van der Waals surface area contributed by atoms with Gasteiger partial charge in [0.15, 0.2) is 0 Å². The molecule has 3 amide bonds. The second-order valence-corrected chi connectivity index (χ2v) is 10.7. The average Bonchev–Trinajstić information content (AvgIpc) is 3.17. The van der Waals surface area contributed by atoms with Crippen LogP contribution in [0.3, 0.4) is 0 Å². The standard InChI is InChI=1S/C30H31ClN6O3/c1-18-15-19(2)33-29(32-18)36-30(34-22-12-8-11-21(31)17-22)35-26(38)25(16-20-9-4-3-5-10-20)37-27(39)23-13-6-7-14-24(23)28(37)40/h3-5,8-12,15,17,23-25H,6-7,13-14,16H2,1-2H3,(H2,32,33,34,35,36,38)/t23-,24-,25+/m1/s1. The molecule has 0 unspecified atom stereocenters. The summed E-state index contributed by atoms with van der Waals surface area (Å²) in [6, 6.07) is 17.1. The van der Waals surface area contributed by atoms with Crippen LogP contribution < -0.4 is 10.6 Å².